The van der Waals surface area contributed by atoms with Gasteiger partial charge in [-0.15, -0.1) is 0 Å². The SMILES string of the molecule is OC1C=C2c3ccccc3CCC2CC1. The molecular formula is C14H16O. The fourth-order valence-corrected chi connectivity index (χ4v) is 2.91. The van der Waals surface area contributed by atoms with Crippen LogP contribution in [0.25, 0.3) is 5.57 Å². The maximum absolute atomic E-state index is 9.70. The minimum absolute atomic E-state index is 0.220. The summed E-state index contributed by atoms with van der Waals surface area (Å²) in [4.78, 5) is 0. The summed E-state index contributed by atoms with van der Waals surface area (Å²) in [6.07, 6.45) is 6.41. The predicted octanol–water partition coefficient (Wildman–Crippen LogP) is 2.79. The van der Waals surface area contributed by atoms with E-state index < -0.39 is 0 Å². The molecule has 2 atom stereocenters. The molecule has 0 saturated heterocycles. The van der Waals surface area contributed by atoms with Crippen LogP contribution in [0.15, 0.2) is 30.3 Å². The largest absolute Gasteiger partial charge is 0.389 e. The predicted molar refractivity (Wildman–Crippen MR) is 61.5 cm³/mol. The van der Waals surface area contributed by atoms with Gasteiger partial charge in [0.05, 0.1) is 6.10 Å². The van der Waals surface area contributed by atoms with Crippen LogP contribution in [-0.4, -0.2) is 11.2 Å². The normalized spacial score (nSPS) is 29.0. The van der Waals surface area contributed by atoms with E-state index in [2.05, 4.69) is 30.3 Å². The summed E-state index contributed by atoms with van der Waals surface area (Å²) in [7, 11) is 0. The van der Waals surface area contributed by atoms with Crippen LogP contribution < -0.4 is 0 Å². The molecular weight excluding hydrogens is 184 g/mol. The van der Waals surface area contributed by atoms with Gasteiger partial charge in [-0.25, -0.2) is 0 Å². The first-order valence-corrected chi connectivity index (χ1v) is 5.82. The number of aryl methyl sites for hydroxylation is 1. The third kappa shape index (κ3) is 1.51. The van der Waals surface area contributed by atoms with Gasteiger partial charge in [-0.05, 0) is 48.3 Å². The Balaban J connectivity index is 2.10. The summed E-state index contributed by atoms with van der Waals surface area (Å²) in [6, 6.07) is 8.63. The van der Waals surface area contributed by atoms with Crippen molar-refractivity contribution in [3.05, 3.63) is 41.5 Å². The molecule has 0 heterocycles. The fourth-order valence-electron chi connectivity index (χ4n) is 2.91. The summed E-state index contributed by atoms with van der Waals surface area (Å²) >= 11 is 0. The molecule has 0 spiro atoms. The summed E-state index contributed by atoms with van der Waals surface area (Å²) < 4.78 is 0. The highest BCUT2D eigenvalue weighted by atomic mass is 16.3. The van der Waals surface area contributed by atoms with Crippen molar-refractivity contribution in [2.45, 2.75) is 31.8 Å². The van der Waals surface area contributed by atoms with Gasteiger partial charge in [0.1, 0.15) is 0 Å². The van der Waals surface area contributed by atoms with Gasteiger partial charge >= 0.3 is 0 Å². The van der Waals surface area contributed by atoms with Crippen LogP contribution in [0.5, 0.6) is 0 Å². The van der Waals surface area contributed by atoms with Crippen molar-refractivity contribution in [2.75, 3.05) is 0 Å². The molecule has 2 aliphatic rings. The minimum atomic E-state index is -0.220. The second kappa shape index (κ2) is 3.49. The number of hydrogen-bond donors (Lipinski definition) is 1. The summed E-state index contributed by atoms with van der Waals surface area (Å²) in [5.41, 5.74) is 4.23. The first-order chi connectivity index (χ1) is 7.34. The van der Waals surface area contributed by atoms with E-state index in [1.54, 1.807) is 0 Å². The third-order valence-electron chi connectivity index (χ3n) is 3.71. The molecule has 1 N–H and O–H groups in total. The van der Waals surface area contributed by atoms with Crippen LogP contribution in [0, 0.1) is 5.92 Å². The highest BCUT2D eigenvalue weighted by molar-refractivity contribution is 5.72. The molecule has 2 unspecified atom stereocenters. The van der Waals surface area contributed by atoms with Gasteiger partial charge < -0.3 is 5.11 Å². The van der Waals surface area contributed by atoms with Crippen LogP contribution in [-0.2, 0) is 6.42 Å². The van der Waals surface area contributed by atoms with Crippen molar-refractivity contribution < 1.29 is 5.11 Å². The topological polar surface area (TPSA) is 20.2 Å². The molecule has 78 valence electrons. The molecule has 3 rings (SSSR count). The Kier molecular flexibility index (Phi) is 2.14. The standard InChI is InChI=1S/C14H16O/c15-12-8-7-11-6-5-10-3-1-2-4-13(10)14(11)9-12/h1-4,9,11-12,15H,5-8H2. The van der Waals surface area contributed by atoms with E-state index in [9.17, 15) is 5.11 Å². The highest BCUT2D eigenvalue weighted by Crippen LogP contribution is 2.40. The fraction of sp³-hybridized carbons (Fsp3) is 0.429. The monoisotopic (exact) mass is 200 g/mol. The molecule has 0 amide bonds. The number of fused-ring (bicyclic) bond motifs is 3. The first kappa shape index (κ1) is 9.17. The number of aliphatic hydroxyl groups is 1. The van der Waals surface area contributed by atoms with Crippen LogP contribution >= 0.6 is 0 Å². The van der Waals surface area contributed by atoms with Crippen LogP contribution in [0.4, 0.5) is 0 Å². The number of aliphatic hydroxyl groups excluding tert-OH is 1. The van der Waals surface area contributed by atoms with E-state index >= 15 is 0 Å². The molecule has 1 nitrogen and oxygen atoms in total. The molecule has 0 bridgehead atoms. The highest BCUT2D eigenvalue weighted by Gasteiger charge is 2.27. The smallest absolute Gasteiger partial charge is 0.0727 e. The Morgan fingerprint density at radius 1 is 1.07 bits per heavy atom. The zero-order valence-electron chi connectivity index (χ0n) is 8.82. The summed E-state index contributed by atoms with van der Waals surface area (Å²) in [5.74, 6) is 0.697. The van der Waals surface area contributed by atoms with E-state index in [-0.39, 0.29) is 6.10 Å². The van der Waals surface area contributed by atoms with Gasteiger partial charge in [-0.2, -0.15) is 0 Å². The Hall–Kier alpha value is -1.08. The Morgan fingerprint density at radius 3 is 2.87 bits per heavy atom. The molecule has 0 fully saturated rings. The molecule has 1 aromatic carbocycles. The third-order valence-corrected chi connectivity index (χ3v) is 3.71. The number of hydrogen-bond acceptors (Lipinski definition) is 1. The zero-order chi connectivity index (χ0) is 10.3. The van der Waals surface area contributed by atoms with Crippen molar-refractivity contribution >= 4 is 5.57 Å². The van der Waals surface area contributed by atoms with E-state index in [1.807, 2.05) is 0 Å². The first-order valence-electron chi connectivity index (χ1n) is 5.82. The van der Waals surface area contributed by atoms with Gasteiger partial charge in [-0.3, -0.25) is 0 Å². The van der Waals surface area contributed by atoms with E-state index in [4.69, 9.17) is 0 Å². The Bertz CT molecular complexity index is 406. The van der Waals surface area contributed by atoms with Crippen molar-refractivity contribution in [3.8, 4) is 0 Å². The molecule has 0 aromatic heterocycles. The molecule has 15 heavy (non-hydrogen) atoms. The second-order valence-electron chi connectivity index (χ2n) is 4.66. The van der Waals surface area contributed by atoms with Gasteiger partial charge in [-0.1, -0.05) is 30.3 Å². The molecule has 1 heteroatoms. The lowest BCUT2D eigenvalue weighted by Gasteiger charge is -2.32. The van der Waals surface area contributed by atoms with Gasteiger partial charge in [0.25, 0.3) is 0 Å². The van der Waals surface area contributed by atoms with E-state index in [1.165, 1.54) is 29.5 Å². The molecule has 1 aromatic rings. The van der Waals surface area contributed by atoms with Crippen LogP contribution in [0.1, 0.15) is 30.4 Å². The molecule has 0 aliphatic heterocycles. The average molecular weight is 200 g/mol. The van der Waals surface area contributed by atoms with E-state index in [0.29, 0.717) is 5.92 Å². The van der Waals surface area contributed by atoms with Gasteiger partial charge in [0, 0.05) is 0 Å². The quantitative estimate of drug-likeness (QED) is 0.682. The Labute approximate surface area is 90.4 Å². The summed E-state index contributed by atoms with van der Waals surface area (Å²) in [6.45, 7) is 0. The maximum atomic E-state index is 9.70. The lowest BCUT2D eigenvalue weighted by molar-refractivity contribution is 0.195. The van der Waals surface area contributed by atoms with Crippen molar-refractivity contribution in [2.24, 2.45) is 5.92 Å². The molecule has 0 radical (unpaired) electrons. The van der Waals surface area contributed by atoms with Crippen LogP contribution in [0.2, 0.25) is 0 Å². The second-order valence-corrected chi connectivity index (χ2v) is 4.66. The maximum Gasteiger partial charge on any atom is 0.0727 e. The Morgan fingerprint density at radius 2 is 1.93 bits per heavy atom. The lowest BCUT2D eigenvalue weighted by atomic mass is 9.74. The number of allylic oxidation sites excluding steroid dienone is 1. The van der Waals surface area contributed by atoms with Gasteiger partial charge in [0.15, 0.2) is 0 Å². The van der Waals surface area contributed by atoms with Crippen molar-refractivity contribution in [1.82, 2.24) is 0 Å². The molecule has 0 saturated carbocycles. The van der Waals surface area contributed by atoms with Gasteiger partial charge in [0.2, 0.25) is 0 Å². The number of benzene rings is 1. The average Bonchev–Trinajstić information content (AvgIpc) is 2.29. The summed E-state index contributed by atoms with van der Waals surface area (Å²) in [5, 5.41) is 9.70. The molecule has 2 aliphatic carbocycles. The zero-order valence-corrected chi connectivity index (χ0v) is 8.82. The van der Waals surface area contributed by atoms with Crippen LogP contribution in [0.3, 0.4) is 0 Å². The van der Waals surface area contributed by atoms with Crippen molar-refractivity contribution in [1.29, 1.82) is 0 Å². The lowest BCUT2D eigenvalue weighted by Crippen LogP contribution is -2.21. The van der Waals surface area contributed by atoms with Crippen molar-refractivity contribution in [3.63, 3.8) is 0 Å². The minimum Gasteiger partial charge on any atom is -0.389 e. The van der Waals surface area contributed by atoms with E-state index in [0.717, 1.165) is 12.8 Å². The number of rotatable bonds is 0.